The molecule has 0 N–H and O–H groups in total. The third-order valence-corrected chi connectivity index (χ3v) is 4.13. The van der Waals surface area contributed by atoms with Crippen molar-refractivity contribution in [2.24, 2.45) is 7.05 Å². The standard InChI is InChI=1S/C15H11N3S/c1-18-9-8-17-15(18)19-14-7-6-11(10-16)12-4-2-3-5-13(12)14/h2-9H,1H3. The Bertz CT molecular complexity index is 783. The molecule has 92 valence electrons. The molecule has 0 aliphatic rings. The van der Waals surface area contributed by atoms with Crippen molar-refractivity contribution in [2.75, 3.05) is 0 Å². The third-order valence-electron chi connectivity index (χ3n) is 2.98. The summed E-state index contributed by atoms with van der Waals surface area (Å²) in [4.78, 5) is 5.44. The first-order valence-corrected chi connectivity index (χ1v) is 6.68. The van der Waals surface area contributed by atoms with E-state index in [1.54, 1.807) is 18.0 Å². The number of aromatic nitrogens is 2. The molecule has 0 radical (unpaired) electrons. The summed E-state index contributed by atoms with van der Waals surface area (Å²) in [7, 11) is 1.97. The van der Waals surface area contributed by atoms with Gasteiger partial charge < -0.3 is 4.57 Å². The summed E-state index contributed by atoms with van der Waals surface area (Å²) < 4.78 is 1.98. The highest BCUT2D eigenvalue weighted by molar-refractivity contribution is 7.99. The van der Waals surface area contributed by atoms with Gasteiger partial charge in [-0.15, -0.1) is 0 Å². The maximum Gasteiger partial charge on any atom is 0.172 e. The summed E-state index contributed by atoms with van der Waals surface area (Å²) >= 11 is 1.61. The fourth-order valence-corrected chi connectivity index (χ4v) is 2.95. The number of fused-ring (bicyclic) bond motifs is 1. The molecule has 1 heterocycles. The van der Waals surface area contributed by atoms with Crippen molar-refractivity contribution in [2.45, 2.75) is 10.1 Å². The van der Waals surface area contributed by atoms with E-state index in [2.05, 4.69) is 11.1 Å². The monoisotopic (exact) mass is 265 g/mol. The van der Waals surface area contributed by atoms with E-state index >= 15 is 0 Å². The summed E-state index contributed by atoms with van der Waals surface area (Å²) in [5.41, 5.74) is 0.708. The van der Waals surface area contributed by atoms with Gasteiger partial charge in [0.25, 0.3) is 0 Å². The molecule has 19 heavy (non-hydrogen) atoms. The van der Waals surface area contributed by atoms with Crippen LogP contribution >= 0.6 is 11.8 Å². The molecule has 1 aromatic heterocycles. The lowest BCUT2D eigenvalue weighted by Crippen LogP contribution is -1.89. The minimum absolute atomic E-state index is 0.708. The van der Waals surface area contributed by atoms with Crippen LogP contribution in [0.5, 0.6) is 0 Å². The van der Waals surface area contributed by atoms with E-state index in [0.29, 0.717) is 5.56 Å². The fourth-order valence-electron chi connectivity index (χ4n) is 2.01. The Balaban J connectivity index is 2.15. The SMILES string of the molecule is Cn1ccnc1Sc1ccc(C#N)c2ccccc12. The van der Waals surface area contributed by atoms with Crippen molar-refractivity contribution < 1.29 is 0 Å². The minimum Gasteiger partial charge on any atom is -0.329 e. The summed E-state index contributed by atoms with van der Waals surface area (Å²) in [6.45, 7) is 0. The van der Waals surface area contributed by atoms with Crippen LogP contribution in [-0.2, 0) is 7.05 Å². The van der Waals surface area contributed by atoms with Crippen LogP contribution < -0.4 is 0 Å². The number of aryl methyl sites for hydroxylation is 1. The number of nitrogens with zero attached hydrogens (tertiary/aromatic N) is 3. The summed E-state index contributed by atoms with van der Waals surface area (Å²) in [6, 6.07) is 14.1. The van der Waals surface area contributed by atoms with Crippen LogP contribution in [0.25, 0.3) is 10.8 Å². The normalized spacial score (nSPS) is 10.5. The van der Waals surface area contributed by atoms with Crippen molar-refractivity contribution in [3.63, 3.8) is 0 Å². The predicted molar refractivity (Wildman–Crippen MR) is 76.0 cm³/mol. The van der Waals surface area contributed by atoms with E-state index in [1.807, 2.05) is 54.2 Å². The number of hydrogen-bond donors (Lipinski definition) is 0. The molecule has 2 aromatic carbocycles. The van der Waals surface area contributed by atoms with Crippen LogP contribution in [0.2, 0.25) is 0 Å². The van der Waals surface area contributed by atoms with E-state index in [1.165, 1.54) is 0 Å². The molecular weight excluding hydrogens is 254 g/mol. The van der Waals surface area contributed by atoms with Gasteiger partial charge in [-0.25, -0.2) is 4.98 Å². The predicted octanol–water partition coefficient (Wildman–Crippen LogP) is 3.60. The van der Waals surface area contributed by atoms with Crippen LogP contribution in [-0.4, -0.2) is 9.55 Å². The molecule has 0 atom stereocenters. The number of imidazole rings is 1. The Kier molecular flexibility index (Phi) is 2.98. The van der Waals surface area contributed by atoms with Gasteiger partial charge in [0, 0.05) is 29.7 Å². The van der Waals surface area contributed by atoms with Crippen molar-refractivity contribution in [1.29, 1.82) is 5.26 Å². The van der Waals surface area contributed by atoms with Crippen molar-refractivity contribution in [3.8, 4) is 6.07 Å². The molecule has 4 heteroatoms. The van der Waals surface area contributed by atoms with Crippen LogP contribution in [0.15, 0.2) is 58.8 Å². The van der Waals surface area contributed by atoms with E-state index in [4.69, 9.17) is 5.26 Å². The lowest BCUT2D eigenvalue weighted by molar-refractivity contribution is 0.790. The highest BCUT2D eigenvalue weighted by Crippen LogP contribution is 2.33. The van der Waals surface area contributed by atoms with E-state index in [9.17, 15) is 0 Å². The van der Waals surface area contributed by atoms with E-state index < -0.39 is 0 Å². The molecule has 0 fully saturated rings. The van der Waals surface area contributed by atoms with Gasteiger partial charge in [0.15, 0.2) is 5.16 Å². The second-order valence-electron chi connectivity index (χ2n) is 4.19. The van der Waals surface area contributed by atoms with Crippen LogP contribution in [0.3, 0.4) is 0 Å². The smallest absolute Gasteiger partial charge is 0.172 e. The van der Waals surface area contributed by atoms with Gasteiger partial charge in [0.1, 0.15) is 0 Å². The first-order valence-electron chi connectivity index (χ1n) is 5.86. The summed E-state index contributed by atoms with van der Waals surface area (Å²) in [5, 5.41) is 12.2. The molecule has 0 amide bonds. The van der Waals surface area contributed by atoms with Gasteiger partial charge >= 0.3 is 0 Å². The average Bonchev–Trinajstić information content (AvgIpc) is 2.85. The fraction of sp³-hybridized carbons (Fsp3) is 0.0667. The van der Waals surface area contributed by atoms with E-state index in [0.717, 1.165) is 20.8 Å². The summed E-state index contributed by atoms with van der Waals surface area (Å²) in [5.74, 6) is 0. The topological polar surface area (TPSA) is 41.6 Å². The van der Waals surface area contributed by atoms with Gasteiger partial charge in [0.2, 0.25) is 0 Å². The molecule has 3 rings (SSSR count). The molecule has 3 nitrogen and oxygen atoms in total. The largest absolute Gasteiger partial charge is 0.329 e. The van der Waals surface area contributed by atoms with Crippen LogP contribution in [0, 0.1) is 11.3 Å². The summed E-state index contributed by atoms with van der Waals surface area (Å²) in [6.07, 6.45) is 3.71. The van der Waals surface area contributed by atoms with Crippen LogP contribution in [0.1, 0.15) is 5.56 Å². The lowest BCUT2D eigenvalue weighted by atomic mass is 10.1. The van der Waals surface area contributed by atoms with Crippen molar-refractivity contribution in [1.82, 2.24) is 9.55 Å². The molecule has 0 saturated carbocycles. The lowest BCUT2D eigenvalue weighted by Gasteiger charge is -2.07. The number of benzene rings is 2. The zero-order valence-electron chi connectivity index (χ0n) is 10.4. The highest BCUT2D eigenvalue weighted by atomic mass is 32.2. The van der Waals surface area contributed by atoms with Gasteiger partial charge in [-0.05, 0) is 17.5 Å². The Morgan fingerprint density at radius 1 is 1.16 bits per heavy atom. The molecule has 0 saturated heterocycles. The van der Waals surface area contributed by atoms with Crippen molar-refractivity contribution >= 4 is 22.5 Å². The minimum atomic E-state index is 0.708. The average molecular weight is 265 g/mol. The van der Waals surface area contributed by atoms with Gasteiger partial charge in [-0.3, -0.25) is 0 Å². The maximum atomic E-state index is 9.15. The molecule has 0 spiro atoms. The number of nitriles is 1. The van der Waals surface area contributed by atoms with Gasteiger partial charge in [-0.2, -0.15) is 5.26 Å². The quantitative estimate of drug-likeness (QED) is 0.711. The molecule has 0 unspecified atom stereocenters. The van der Waals surface area contributed by atoms with Gasteiger partial charge in [-0.1, -0.05) is 36.0 Å². The number of rotatable bonds is 2. The molecular formula is C15H11N3S. The number of hydrogen-bond acceptors (Lipinski definition) is 3. The second-order valence-corrected chi connectivity index (χ2v) is 5.20. The maximum absolute atomic E-state index is 9.15. The molecule has 0 aliphatic heterocycles. The Labute approximate surface area is 115 Å². The highest BCUT2D eigenvalue weighted by Gasteiger charge is 2.08. The third kappa shape index (κ3) is 2.09. The molecule has 0 aliphatic carbocycles. The zero-order chi connectivity index (χ0) is 13.2. The van der Waals surface area contributed by atoms with Gasteiger partial charge in [0.05, 0.1) is 11.6 Å². The molecule has 0 bridgehead atoms. The van der Waals surface area contributed by atoms with E-state index in [-0.39, 0.29) is 0 Å². The Morgan fingerprint density at radius 2 is 1.95 bits per heavy atom. The first-order chi connectivity index (χ1) is 9.29. The second kappa shape index (κ2) is 4.79. The zero-order valence-corrected chi connectivity index (χ0v) is 11.2. The van der Waals surface area contributed by atoms with Crippen molar-refractivity contribution in [3.05, 3.63) is 54.4 Å². The Morgan fingerprint density at radius 3 is 2.63 bits per heavy atom. The first kappa shape index (κ1) is 11.8. The molecule has 3 aromatic rings. The van der Waals surface area contributed by atoms with Crippen LogP contribution in [0.4, 0.5) is 0 Å². The Hall–Kier alpha value is -2.25.